The first kappa shape index (κ1) is 22.4. The summed E-state index contributed by atoms with van der Waals surface area (Å²) < 4.78 is 5.98. The molecule has 1 atom stereocenters. The van der Waals surface area contributed by atoms with Gasteiger partial charge >= 0.3 is 5.97 Å². The molecule has 3 nitrogen and oxygen atoms in total. The van der Waals surface area contributed by atoms with E-state index in [2.05, 4.69) is 39.1 Å². The fourth-order valence-corrected chi connectivity index (χ4v) is 4.94. The molecule has 0 aromatic heterocycles. The maximum atomic E-state index is 11.4. The van der Waals surface area contributed by atoms with E-state index in [9.17, 15) is 9.90 Å². The van der Waals surface area contributed by atoms with Crippen LogP contribution in [0.5, 0.6) is 0 Å². The molecule has 0 aromatic carbocycles. The van der Waals surface area contributed by atoms with E-state index < -0.39 is 20.4 Å². The van der Waals surface area contributed by atoms with Gasteiger partial charge in [-0.15, -0.1) is 0 Å². The van der Waals surface area contributed by atoms with Crippen LogP contribution in [0.4, 0.5) is 0 Å². The zero-order valence-electron chi connectivity index (χ0n) is 15.8. The van der Waals surface area contributed by atoms with Gasteiger partial charge in [0.05, 0.1) is 0 Å². The van der Waals surface area contributed by atoms with E-state index in [0.717, 1.165) is 31.7 Å². The predicted octanol–water partition coefficient (Wildman–Crippen LogP) is 6.16. The summed E-state index contributed by atoms with van der Waals surface area (Å²) in [6, 6.07) is 1.04. The molecular weight excluding hydrogens is 304 g/mol. The van der Waals surface area contributed by atoms with E-state index >= 15 is 0 Å². The molecule has 0 aliphatic carbocycles. The predicted molar refractivity (Wildman–Crippen MR) is 101 cm³/mol. The molecule has 1 unspecified atom stereocenters. The number of carboxylic acid groups (broad SMARTS) is 1. The van der Waals surface area contributed by atoms with Crippen LogP contribution in [0.2, 0.25) is 19.1 Å². The molecule has 0 saturated carbocycles. The van der Waals surface area contributed by atoms with Crippen molar-refractivity contribution in [2.45, 2.75) is 103 Å². The van der Waals surface area contributed by atoms with Crippen molar-refractivity contribution in [3.63, 3.8) is 0 Å². The van der Waals surface area contributed by atoms with E-state index in [4.69, 9.17) is 4.43 Å². The molecule has 0 aliphatic rings. The molecular formula is C19H38O3Si. The number of allylic oxidation sites excluding steroid dienone is 2. The average Bonchev–Trinajstić information content (AvgIpc) is 2.50. The Kier molecular flexibility index (Phi) is 13.4. The summed E-state index contributed by atoms with van der Waals surface area (Å²) in [7, 11) is -1.85. The van der Waals surface area contributed by atoms with Crippen LogP contribution in [0.15, 0.2) is 12.2 Å². The van der Waals surface area contributed by atoms with Gasteiger partial charge in [0.2, 0.25) is 0 Å². The lowest BCUT2D eigenvalue weighted by atomic mass is 10.1. The highest BCUT2D eigenvalue weighted by Gasteiger charge is 2.29. The van der Waals surface area contributed by atoms with Gasteiger partial charge in [-0.2, -0.15) is 0 Å². The average molecular weight is 343 g/mol. The maximum Gasteiger partial charge on any atom is 0.331 e. The summed E-state index contributed by atoms with van der Waals surface area (Å²) >= 11 is 0. The molecule has 0 radical (unpaired) electrons. The Morgan fingerprint density at radius 2 is 1.61 bits per heavy atom. The van der Waals surface area contributed by atoms with Crippen LogP contribution >= 0.6 is 0 Å². The first-order chi connectivity index (χ1) is 10.9. The number of carboxylic acids is 1. The Morgan fingerprint density at radius 3 is 2.22 bits per heavy atom. The summed E-state index contributed by atoms with van der Waals surface area (Å²) in [4.78, 5) is 11.4. The Hall–Kier alpha value is -0.613. The van der Waals surface area contributed by atoms with E-state index in [1.807, 2.05) is 0 Å². The van der Waals surface area contributed by atoms with E-state index in [1.165, 1.54) is 32.1 Å². The monoisotopic (exact) mass is 342 g/mol. The van der Waals surface area contributed by atoms with Gasteiger partial charge in [-0.05, 0) is 44.8 Å². The molecule has 0 aliphatic heterocycles. The quantitative estimate of drug-likeness (QED) is 0.220. The highest BCUT2D eigenvalue weighted by molar-refractivity contribution is 6.71. The standard InChI is InChI=1S/C19H38O3Si/c1-5-7-9-10-11-12-13-14-15-16-18(19(20)21)22-23(3,4)17-8-6-2/h13-14,18H,5-12,15-17H2,1-4H3,(H,20,21)/b14-13+. The van der Waals surface area contributed by atoms with Crippen molar-refractivity contribution < 1.29 is 14.3 Å². The maximum absolute atomic E-state index is 11.4. The fraction of sp³-hybridized carbons (Fsp3) is 0.842. The molecule has 0 saturated heterocycles. The van der Waals surface area contributed by atoms with E-state index in [1.54, 1.807) is 0 Å². The minimum absolute atomic E-state index is 0.588. The number of hydrogen-bond donors (Lipinski definition) is 1. The Labute approximate surface area is 144 Å². The van der Waals surface area contributed by atoms with Gasteiger partial charge in [0.25, 0.3) is 0 Å². The number of hydrogen-bond acceptors (Lipinski definition) is 2. The Bertz CT molecular complexity index is 327. The summed E-state index contributed by atoms with van der Waals surface area (Å²) in [6.07, 6.45) is 14.9. The van der Waals surface area contributed by atoms with Crippen LogP contribution in [0.3, 0.4) is 0 Å². The van der Waals surface area contributed by atoms with Crippen LogP contribution in [0.1, 0.15) is 78.1 Å². The van der Waals surface area contributed by atoms with Crippen LogP contribution in [-0.2, 0) is 9.22 Å². The van der Waals surface area contributed by atoms with E-state index in [0.29, 0.717) is 6.42 Å². The molecule has 0 spiro atoms. The summed E-state index contributed by atoms with van der Waals surface area (Å²) in [6.45, 7) is 8.65. The highest BCUT2D eigenvalue weighted by atomic mass is 28.4. The third-order valence-corrected chi connectivity index (χ3v) is 6.59. The first-order valence-corrected chi connectivity index (χ1v) is 12.6. The van der Waals surface area contributed by atoms with Gasteiger partial charge in [-0.25, -0.2) is 4.79 Å². The number of unbranched alkanes of at least 4 members (excludes halogenated alkanes) is 6. The molecule has 1 N–H and O–H groups in total. The molecule has 4 heteroatoms. The van der Waals surface area contributed by atoms with Gasteiger partial charge in [-0.3, -0.25) is 0 Å². The highest BCUT2D eigenvalue weighted by Crippen LogP contribution is 2.19. The minimum Gasteiger partial charge on any atom is -0.479 e. The molecule has 23 heavy (non-hydrogen) atoms. The van der Waals surface area contributed by atoms with Crippen molar-refractivity contribution in [1.29, 1.82) is 0 Å². The largest absolute Gasteiger partial charge is 0.479 e. The second kappa shape index (κ2) is 13.8. The fourth-order valence-electron chi connectivity index (χ4n) is 2.63. The van der Waals surface area contributed by atoms with Gasteiger partial charge in [0.15, 0.2) is 8.32 Å². The van der Waals surface area contributed by atoms with Gasteiger partial charge in [0.1, 0.15) is 6.10 Å². The molecule has 0 bridgehead atoms. The van der Waals surface area contributed by atoms with Crippen molar-refractivity contribution in [1.82, 2.24) is 0 Å². The van der Waals surface area contributed by atoms with Crippen LogP contribution in [0.25, 0.3) is 0 Å². The lowest BCUT2D eigenvalue weighted by molar-refractivity contribution is -0.145. The molecule has 0 fully saturated rings. The normalized spacial score (nSPS) is 13.6. The first-order valence-electron chi connectivity index (χ1n) is 9.48. The summed E-state index contributed by atoms with van der Waals surface area (Å²) in [5, 5.41) is 9.36. The van der Waals surface area contributed by atoms with Crippen molar-refractivity contribution >= 4 is 14.3 Å². The second-order valence-corrected chi connectivity index (χ2v) is 11.3. The van der Waals surface area contributed by atoms with Crippen LogP contribution in [-0.4, -0.2) is 25.5 Å². The number of aliphatic carboxylic acids is 1. The summed E-state index contributed by atoms with van der Waals surface area (Å²) in [5.41, 5.74) is 0. The Balaban J connectivity index is 3.98. The van der Waals surface area contributed by atoms with Crippen molar-refractivity contribution in [2.24, 2.45) is 0 Å². The van der Waals surface area contributed by atoms with Gasteiger partial charge in [-0.1, -0.05) is 64.5 Å². The third-order valence-electron chi connectivity index (χ3n) is 4.11. The van der Waals surface area contributed by atoms with Crippen molar-refractivity contribution in [3.8, 4) is 0 Å². The molecule has 0 rings (SSSR count). The smallest absolute Gasteiger partial charge is 0.331 e. The lowest BCUT2D eigenvalue weighted by Crippen LogP contribution is -2.39. The van der Waals surface area contributed by atoms with Crippen molar-refractivity contribution in [3.05, 3.63) is 12.2 Å². The zero-order valence-corrected chi connectivity index (χ0v) is 16.8. The SMILES string of the molecule is CCCCCCC/C=C/CCC(O[Si](C)(C)CCCC)C(=O)O. The topological polar surface area (TPSA) is 46.5 Å². The van der Waals surface area contributed by atoms with E-state index in [-0.39, 0.29) is 0 Å². The van der Waals surface area contributed by atoms with Gasteiger partial charge < -0.3 is 9.53 Å². The molecule has 0 aromatic rings. The number of carbonyl (C=O) groups is 1. The molecule has 0 amide bonds. The minimum atomic E-state index is -1.85. The van der Waals surface area contributed by atoms with Crippen LogP contribution in [0, 0.1) is 0 Å². The second-order valence-electron chi connectivity index (χ2n) is 7.06. The third kappa shape index (κ3) is 13.5. The molecule has 136 valence electrons. The Morgan fingerprint density at radius 1 is 1.00 bits per heavy atom. The lowest BCUT2D eigenvalue weighted by Gasteiger charge is -2.27. The summed E-state index contributed by atoms with van der Waals surface area (Å²) in [5.74, 6) is -0.810. The van der Waals surface area contributed by atoms with Gasteiger partial charge in [0, 0.05) is 0 Å². The zero-order chi connectivity index (χ0) is 17.6. The van der Waals surface area contributed by atoms with Crippen LogP contribution < -0.4 is 0 Å². The van der Waals surface area contributed by atoms with Crippen molar-refractivity contribution in [2.75, 3.05) is 0 Å². The molecule has 0 heterocycles. The number of rotatable bonds is 15.